The van der Waals surface area contributed by atoms with Gasteiger partial charge in [-0.3, -0.25) is 9.59 Å². The van der Waals surface area contributed by atoms with E-state index in [1.807, 2.05) is 12.1 Å². The normalized spacial score (nSPS) is 10.1. The van der Waals surface area contributed by atoms with E-state index >= 15 is 0 Å². The van der Waals surface area contributed by atoms with Gasteiger partial charge in [-0.1, -0.05) is 24.3 Å². The van der Waals surface area contributed by atoms with Gasteiger partial charge in [-0.25, -0.2) is 0 Å². The predicted octanol–water partition coefficient (Wildman–Crippen LogP) is 2.69. The number of benzene rings is 2. The van der Waals surface area contributed by atoms with E-state index in [1.165, 1.54) is 13.8 Å². The molecule has 0 saturated carbocycles. The molecular formula is C14H12O4. The van der Waals surface area contributed by atoms with Crippen LogP contribution in [0, 0.1) is 0 Å². The Bertz CT molecular complexity index is 562. The Hall–Kier alpha value is -2.36. The summed E-state index contributed by atoms with van der Waals surface area (Å²) in [6.07, 6.45) is 0. The lowest BCUT2D eigenvalue weighted by Gasteiger charge is -2.09. The zero-order chi connectivity index (χ0) is 13.1. The second-order valence-corrected chi connectivity index (χ2v) is 3.79. The highest BCUT2D eigenvalue weighted by Gasteiger charge is 2.10. The van der Waals surface area contributed by atoms with Crippen LogP contribution in [0.5, 0.6) is 11.5 Å². The molecule has 0 saturated heterocycles. The van der Waals surface area contributed by atoms with Crippen LogP contribution < -0.4 is 9.47 Å². The van der Waals surface area contributed by atoms with Crippen molar-refractivity contribution in [3.8, 4) is 11.5 Å². The van der Waals surface area contributed by atoms with Gasteiger partial charge in [0.15, 0.2) is 0 Å². The number of esters is 2. The molecule has 0 aliphatic carbocycles. The number of hydrogen-bond donors (Lipinski definition) is 0. The van der Waals surface area contributed by atoms with Crippen LogP contribution in [0.25, 0.3) is 10.8 Å². The van der Waals surface area contributed by atoms with Gasteiger partial charge in [-0.15, -0.1) is 0 Å². The van der Waals surface area contributed by atoms with E-state index in [2.05, 4.69) is 0 Å². The molecule has 0 unspecified atom stereocenters. The Morgan fingerprint density at radius 1 is 0.778 bits per heavy atom. The van der Waals surface area contributed by atoms with E-state index in [4.69, 9.17) is 9.47 Å². The third kappa shape index (κ3) is 2.48. The molecule has 18 heavy (non-hydrogen) atoms. The Balaban J connectivity index is 2.58. The van der Waals surface area contributed by atoms with Crippen molar-refractivity contribution < 1.29 is 19.1 Å². The molecule has 0 spiro atoms. The summed E-state index contributed by atoms with van der Waals surface area (Å²) in [5.74, 6) is 0.129. The number of rotatable bonds is 2. The van der Waals surface area contributed by atoms with Gasteiger partial charge in [0.2, 0.25) is 0 Å². The number of ether oxygens (including phenoxy) is 2. The Labute approximate surface area is 104 Å². The Kier molecular flexibility index (Phi) is 3.28. The van der Waals surface area contributed by atoms with Gasteiger partial charge < -0.3 is 9.47 Å². The first-order valence-electron chi connectivity index (χ1n) is 5.46. The lowest BCUT2D eigenvalue weighted by atomic mass is 10.1. The van der Waals surface area contributed by atoms with Gasteiger partial charge in [-0.2, -0.15) is 0 Å². The standard InChI is InChI=1S/C14H12O4/c1-9(15)17-13-7-8-14(18-10(2)16)12-6-4-3-5-11(12)13/h3-8H,1-2H3. The quantitative estimate of drug-likeness (QED) is 0.602. The fourth-order valence-corrected chi connectivity index (χ4v) is 1.73. The van der Waals surface area contributed by atoms with Crippen LogP contribution in [-0.4, -0.2) is 11.9 Å². The molecule has 0 N–H and O–H groups in total. The molecule has 0 heterocycles. The summed E-state index contributed by atoms with van der Waals surface area (Å²) in [5.41, 5.74) is 0. The fraction of sp³-hybridized carbons (Fsp3) is 0.143. The minimum absolute atomic E-state index is 0.389. The van der Waals surface area contributed by atoms with E-state index in [9.17, 15) is 9.59 Å². The molecule has 0 amide bonds. The molecule has 2 rings (SSSR count). The summed E-state index contributed by atoms with van der Waals surface area (Å²) in [6.45, 7) is 2.68. The largest absolute Gasteiger partial charge is 0.426 e. The van der Waals surface area contributed by atoms with Crippen molar-refractivity contribution in [2.45, 2.75) is 13.8 Å². The average Bonchev–Trinajstić information content (AvgIpc) is 2.31. The van der Waals surface area contributed by atoms with Crippen molar-refractivity contribution in [1.29, 1.82) is 0 Å². The number of carbonyl (C=O) groups is 2. The van der Waals surface area contributed by atoms with Crippen LogP contribution in [0.2, 0.25) is 0 Å². The fourth-order valence-electron chi connectivity index (χ4n) is 1.73. The van der Waals surface area contributed by atoms with Crippen molar-refractivity contribution in [2.24, 2.45) is 0 Å². The van der Waals surface area contributed by atoms with Crippen LogP contribution in [0.3, 0.4) is 0 Å². The van der Waals surface area contributed by atoms with Gasteiger partial charge in [0.25, 0.3) is 0 Å². The highest BCUT2D eigenvalue weighted by atomic mass is 16.5. The molecular weight excluding hydrogens is 232 g/mol. The number of carbonyl (C=O) groups excluding carboxylic acids is 2. The second kappa shape index (κ2) is 4.87. The monoisotopic (exact) mass is 244 g/mol. The van der Waals surface area contributed by atoms with Gasteiger partial charge >= 0.3 is 11.9 Å². The maximum absolute atomic E-state index is 11.0. The Morgan fingerprint density at radius 2 is 1.17 bits per heavy atom. The van der Waals surface area contributed by atoms with Gasteiger partial charge in [0, 0.05) is 24.6 Å². The molecule has 0 aliphatic rings. The summed E-state index contributed by atoms with van der Waals surface area (Å²) in [7, 11) is 0. The van der Waals surface area contributed by atoms with E-state index < -0.39 is 0 Å². The van der Waals surface area contributed by atoms with E-state index in [1.54, 1.807) is 24.3 Å². The van der Waals surface area contributed by atoms with Crippen LogP contribution in [0.4, 0.5) is 0 Å². The minimum atomic E-state index is -0.389. The molecule has 0 aliphatic heterocycles. The summed E-state index contributed by atoms with van der Waals surface area (Å²) in [6, 6.07) is 10.5. The van der Waals surface area contributed by atoms with E-state index in [0.717, 1.165) is 10.8 Å². The van der Waals surface area contributed by atoms with Gasteiger partial charge in [0.05, 0.1) is 0 Å². The molecule has 0 bridgehead atoms. The van der Waals surface area contributed by atoms with Crippen LogP contribution in [0.15, 0.2) is 36.4 Å². The highest BCUT2D eigenvalue weighted by molar-refractivity contribution is 5.95. The van der Waals surface area contributed by atoms with Crippen molar-refractivity contribution in [3.63, 3.8) is 0 Å². The predicted molar refractivity (Wildman–Crippen MR) is 66.6 cm³/mol. The first-order valence-corrected chi connectivity index (χ1v) is 5.46. The van der Waals surface area contributed by atoms with E-state index in [-0.39, 0.29) is 11.9 Å². The maximum Gasteiger partial charge on any atom is 0.308 e. The minimum Gasteiger partial charge on any atom is -0.426 e. The first kappa shape index (κ1) is 12.1. The Morgan fingerprint density at radius 3 is 1.50 bits per heavy atom. The average molecular weight is 244 g/mol. The van der Waals surface area contributed by atoms with Crippen LogP contribution in [-0.2, 0) is 9.59 Å². The number of hydrogen-bond acceptors (Lipinski definition) is 4. The van der Waals surface area contributed by atoms with Crippen molar-refractivity contribution >= 4 is 22.7 Å². The van der Waals surface area contributed by atoms with Crippen molar-refractivity contribution in [1.82, 2.24) is 0 Å². The maximum atomic E-state index is 11.0. The molecule has 2 aromatic rings. The summed E-state index contributed by atoms with van der Waals surface area (Å²) < 4.78 is 10.2. The third-order valence-corrected chi connectivity index (χ3v) is 2.35. The summed E-state index contributed by atoms with van der Waals surface area (Å²) in [5, 5.41) is 1.46. The molecule has 4 nitrogen and oxygen atoms in total. The van der Waals surface area contributed by atoms with Crippen molar-refractivity contribution in [2.75, 3.05) is 0 Å². The van der Waals surface area contributed by atoms with Gasteiger partial charge in [-0.05, 0) is 12.1 Å². The molecule has 0 atom stereocenters. The lowest BCUT2D eigenvalue weighted by Crippen LogP contribution is -2.04. The molecule has 2 aromatic carbocycles. The lowest BCUT2D eigenvalue weighted by molar-refractivity contribution is -0.132. The SMILES string of the molecule is CC(=O)Oc1ccc(OC(C)=O)c2ccccc12. The topological polar surface area (TPSA) is 52.6 Å². The first-order chi connectivity index (χ1) is 8.58. The smallest absolute Gasteiger partial charge is 0.308 e. The summed E-state index contributed by atoms with van der Waals surface area (Å²) >= 11 is 0. The zero-order valence-electron chi connectivity index (χ0n) is 10.1. The van der Waals surface area contributed by atoms with Gasteiger partial charge in [0.1, 0.15) is 11.5 Å². The van der Waals surface area contributed by atoms with Crippen LogP contribution >= 0.6 is 0 Å². The molecule has 4 heteroatoms. The molecule has 0 radical (unpaired) electrons. The zero-order valence-corrected chi connectivity index (χ0v) is 10.1. The number of fused-ring (bicyclic) bond motifs is 1. The van der Waals surface area contributed by atoms with Crippen LogP contribution in [0.1, 0.15) is 13.8 Å². The summed E-state index contributed by atoms with van der Waals surface area (Å²) in [4.78, 5) is 22.0. The van der Waals surface area contributed by atoms with E-state index in [0.29, 0.717) is 11.5 Å². The third-order valence-electron chi connectivity index (χ3n) is 2.35. The van der Waals surface area contributed by atoms with Crippen molar-refractivity contribution in [3.05, 3.63) is 36.4 Å². The molecule has 92 valence electrons. The second-order valence-electron chi connectivity index (χ2n) is 3.79. The molecule has 0 aromatic heterocycles. The molecule has 0 fully saturated rings. The highest BCUT2D eigenvalue weighted by Crippen LogP contribution is 2.33.